The molecule has 2 aromatic rings. The molecule has 0 radical (unpaired) electrons. The maximum Gasteiger partial charge on any atom is 0.263 e. The molecule has 2 aromatic carbocycles. The van der Waals surface area contributed by atoms with E-state index in [2.05, 4.69) is 15.6 Å². The van der Waals surface area contributed by atoms with Crippen molar-refractivity contribution in [1.29, 1.82) is 0 Å². The van der Waals surface area contributed by atoms with Crippen LogP contribution in [0.2, 0.25) is 10.0 Å². The van der Waals surface area contributed by atoms with Crippen LogP contribution in [0.25, 0.3) is 0 Å². The lowest BCUT2D eigenvalue weighted by Gasteiger charge is -2.31. The largest absolute Gasteiger partial charge is 0.301 e. The highest BCUT2D eigenvalue weighted by Gasteiger charge is 2.39. The standard InChI is InChI=1S/C20H12Cl2N4O3S2/c21-12-7-4-8-13(15(12)22)23-19-24-17(28)14(31-19)9-11-16(27)25-20(30)26(18(11)29)10-5-2-1-3-6-10/h1-9,11H,(H,23,24,28)(H,25,27,30)/b14-9-/t11-/m1/s1. The molecule has 2 saturated heterocycles. The minimum Gasteiger partial charge on any atom is -0.301 e. The molecule has 0 bridgehead atoms. The predicted molar refractivity (Wildman–Crippen MR) is 126 cm³/mol. The van der Waals surface area contributed by atoms with Gasteiger partial charge in [-0.3, -0.25) is 19.3 Å². The van der Waals surface area contributed by atoms with E-state index in [0.29, 0.717) is 16.4 Å². The van der Waals surface area contributed by atoms with E-state index in [1.54, 1.807) is 48.5 Å². The second kappa shape index (κ2) is 8.80. The number of carbonyl (C=O) groups is 3. The lowest BCUT2D eigenvalue weighted by molar-refractivity contribution is -0.131. The Labute approximate surface area is 196 Å². The molecule has 3 amide bonds. The molecule has 0 aliphatic carbocycles. The molecule has 156 valence electrons. The summed E-state index contributed by atoms with van der Waals surface area (Å²) in [5, 5.41) is 5.91. The fraction of sp³-hybridized carbons (Fsp3) is 0.0500. The second-order valence-electron chi connectivity index (χ2n) is 6.36. The molecule has 2 aliphatic heterocycles. The van der Waals surface area contributed by atoms with Crippen molar-refractivity contribution in [3.8, 4) is 0 Å². The summed E-state index contributed by atoms with van der Waals surface area (Å²) < 4.78 is 0. The number of hydrogen-bond donors (Lipinski definition) is 2. The van der Waals surface area contributed by atoms with Crippen molar-refractivity contribution in [3.05, 3.63) is 69.6 Å². The summed E-state index contributed by atoms with van der Waals surface area (Å²) in [6, 6.07) is 13.6. The first-order valence-electron chi connectivity index (χ1n) is 8.82. The van der Waals surface area contributed by atoms with Crippen LogP contribution in [0.1, 0.15) is 0 Å². The van der Waals surface area contributed by atoms with E-state index in [-0.39, 0.29) is 20.2 Å². The zero-order valence-electron chi connectivity index (χ0n) is 15.5. The smallest absolute Gasteiger partial charge is 0.263 e. The molecule has 2 fully saturated rings. The zero-order valence-corrected chi connectivity index (χ0v) is 18.6. The van der Waals surface area contributed by atoms with E-state index >= 15 is 0 Å². The van der Waals surface area contributed by atoms with Crippen LogP contribution in [0.4, 0.5) is 11.4 Å². The van der Waals surface area contributed by atoms with Gasteiger partial charge in [0.2, 0.25) is 11.8 Å². The average molecular weight is 491 g/mol. The van der Waals surface area contributed by atoms with Crippen LogP contribution in [-0.2, 0) is 14.4 Å². The van der Waals surface area contributed by atoms with Crippen LogP contribution in [0.3, 0.4) is 0 Å². The van der Waals surface area contributed by atoms with Crippen LogP contribution in [0.15, 0.2) is 64.5 Å². The number of hydrogen-bond acceptors (Lipinski definition) is 6. The number of nitrogens with one attached hydrogen (secondary N) is 2. The molecule has 31 heavy (non-hydrogen) atoms. The van der Waals surface area contributed by atoms with Gasteiger partial charge in [-0.25, -0.2) is 4.99 Å². The average Bonchev–Trinajstić information content (AvgIpc) is 3.08. The van der Waals surface area contributed by atoms with Crippen molar-refractivity contribution in [3.63, 3.8) is 0 Å². The highest BCUT2D eigenvalue weighted by Crippen LogP contribution is 2.34. The summed E-state index contributed by atoms with van der Waals surface area (Å²) in [6.07, 6.45) is 1.30. The Morgan fingerprint density at radius 3 is 2.52 bits per heavy atom. The molecule has 1 atom stereocenters. The van der Waals surface area contributed by atoms with E-state index in [0.717, 1.165) is 11.8 Å². The summed E-state index contributed by atoms with van der Waals surface area (Å²) in [5.74, 6) is -2.87. The summed E-state index contributed by atoms with van der Waals surface area (Å²) in [4.78, 5) is 43.6. The van der Waals surface area contributed by atoms with Crippen LogP contribution in [0, 0.1) is 5.92 Å². The van der Waals surface area contributed by atoms with Gasteiger partial charge in [0, 0.05) is 0 Å². The number of amidine groups is 1. The molecule has 0 unspecified atom stereocenters. The number of benzene rings is 2. The van der Waals surface area contributed by atoms with Crippen LogP contribution in [0.5, 0.6) is 0 Å². The number of anilines is 1. The molecule has 2 heterocycles. The molecule has 0 saturated carbocycles. The SMILES string of the molecule is O=C1NC(=Nc2cccc(Cl)c2Cl)S/C1=C\[C@@H]1C(=O)NC(=S)N(c2ccccc2)C1=O. The normalized spacial score (nSPS) is 21.6. The molecule has 11 heteroatoms. The Morgan fingerprint density at radius 2 is 1.77 bits per heavy atom. The Kier molecular flexibility index (Phi) is 6.10. The van der Waals surface area contributed by atoms with Crippen LogP contribution in [-0.4, -0.2) is 28.0 Å². The number of nitrogens with zero attached hydrogens (tertiary/aromatic N) is 2. The van der Waals surface area contributed by atoms with Crippen molar-refractivity contribution in [2.75, 3.05) is 4.90 Å². The number of amides is 3. The van der Waals surface area contributed by atoms with Crippen molar-refractivity contribution in [2.24, 2.45) is 10.9 Å². The van der Waals surface area contributed by atoms with E-state index in [1.165, 1.54) is 11.0 Å². The maximum atomic E-state index is 13.0. The van der Waals surface area contributed by atoms with E-state index < -0.39 is 23.6 Å². The van der Waals surface area contributed by atoms with E-state index in [4.69, 9.17) is 35.4 Å². The van der Waals surface area contributed by atoms with Gasteiger partial charge < -0.3 is 10.6 Å². The van der Waals surface area contributed by atoms with Gasteiger partial charge in [0.05, 0.1) is 26.3 Å². The summed E-state index contributed by atoms with van der Waals surface area (Å²) in [5.41, 5.74) is 0.896. The van der Waals surface area contributed by atoms with Gasteiger partial charge in [-0.1, -0.05) is 47.5 Å². The number of aliphatic imine (C=N–C) groups is 1. The Hall–Kier alpha value is -2.72. The van der Waals surface area contributed by atoms with Gasteiger partial charge in [-0.2, -0.15) is 0 Å². The topological polar surface area (TPSA) is 90.9 Å². The van der Waals surface area contributed by atoms with Crippen molar-refractivity contribution in [2.45, 2.75) is 0 Å². The molecule has 4 rings (SSSR count). The molecular formula is C20H12Cl2N4O3S2. The Morgan fingerprint density at radius 1 is 1.03 bits per heavy atom. The van der Waals surface area contributed by atoms with Crippen LogP contribution >= 0.6 is 47.2 Å². The quantitative estimate of drug-likeness (QED) is 0.388. The Bertz CT molecular complexity index is 1180. The zero-order chi connectivity index (χ0) is 22.1. The Balaban J connectivity index is 1.61. The number of carbonyl (C=O) groups excluding carboxylic acids is 3. The predicted octanol–water partition coefficient (Wildman–Crippen LogP) is 3.79. The number of rotatable bonds is 3. The fourth-order valence-electron chi connectivity index (χ4n) is 2.89. The summed E-state index contributed by atoms with van der Waals surface area (Å²) in [6.45, 7) is 0. The molecular weight excluding hydrogens is 479 g/mol. The van der Waals surface area contributed by atoms with Gasteiger partial charge in [-0.15, -0.1) is 0 Å². The minimum atomic E-state index is -1.23. The van der Waals surface area contributed by atoms with Crippen LogP contribution < -0.4 is 15.5 Å². The summed E-state index contributed by atoms with van der Waals surface area (Å²) in [7, 11) is 0. The third kappa shape index (κ3) is 4.35. The van der Waals surface area contributed by atoms with Crippen molar-refractivity contribution < 1.29 is 14.4 Å². The minimum absolute atomic E-state index is 0.0165. The van der Waals surface area contributed by atoms with Crippen molar-refractivity contribution in [1.82, 2.24) is 10.6 Å². The third-order valence-corrected chi connectivity index (χ3v) is 6.36. The molecule has 2 N–H and O–H groups in total. The first kappa shape index (κ1) is 21.5. The molecule has 0 aromatic heterocycles. The van der Waals surface area contributed by atoms with E-state index in [1.807, 2.05) is 0 Å². The van der Waals surface area contributed by atoms with Gasteiger partial charge in [0.25, 0.3) is 5.91 Å². The number of thioether (sulfide) groups is 1. The van der Waals surface area contributed by atoms with Crippen molar-refractivity contribution >= 4 is 86.6 Å². The molecule has 0 spiro atoms. The third-order valence-electron chi connectivity index (χ3n) is 4.34. The van der Waals surface area contributed by atoms with Gasteiger partial charge >= 0.3 is 0 Å². The first-order chi connectivity index (χ1) is 14.8. The summed E-state index contributed by atoms with van der Waals surface area (Å²) >= 11 is 18.3. The monoisotopic (exact) mass is 490 g/mol. The lowest BCUT2D eigenvalue weighted by atomic mass is 10.0. The van der Waals surface area contributed by atoms with Gasteiger partial charge in [0.15, 0.2) is 10.3 Å². The second-order valence-corrected chi connectivity index (χ2v) is 8.56. The first-order valence-corrected chi connectivity index (χ1v) is 10.8. The molecule has 2 aliphatic rings. The maximum absolute atomic E-state index is 13.0. The lowest BCUT2D eigenvalue weighted by Crippen LogP contribution is -2.57. The van der Waals surface area contributed by atoms with Gasteiger partial charge in [-0.05, 0) is 54.3 Å². The number of halogens is 2. The fourth-order valence-corrected chi connectivity index (χ4v) is 4.37. The van der Waals surface area contributed by atoms with Gasteiger partial charge in [0.1, 0.15) is 5.92 Å². The highest BCUT2D eigenvalue weighted by atomic mass is 35.5. The number of thiocarbonyl (C=S) groups is 1. The highest BCUT2D eigenvalue weighted by molar-refractivity contribution is 8.18. The van der Waals surface area contributed by atoms with E-state index in [9.17, 15) is 14.4 Å². The molecule has 7 nitrogen and oxygen atoms in total. The number of para-hydroxylation sites is 1.